The molecule has 1 aromatic rings. The number of ether oxygens (including phenoxy) is 1. The minimum atomic E-state index is -3.42. The molecular formula is C12H19NO4S. The van der Waals surface area contributed by atoms with Gasteiger partial charge in [0, 0.05) is 19.8 Å². The van der Waals surface area contributed by atoms with Crippen molar-refractivity contribution in [1.29, 1.82) is 0 Å². The summed E-state index contributed by atoms with van der Waals surface area (Å²) in [5, 5.41) is 8.86. The van der Waals surface area contributed by atoms with Gasteiger partial charge in [-0.3, -0.25) is 0 Å². The summed E-state index contributed by atoms with van der Waals surface area (Å²) in [6.45, 7) is 0.163. The van der Waals surface area contributed by atoms with Gasteiger partial charge in [-0.15, -0.1) is 0 Å². The summed E-state index contributed by atoms with van der Waals surface area (Å²) in [7, 11) is -1.92. The Hall–Kier alpha value is -0.950. The van der Waals surface area contributed by atoms with Gasteiger partial charge < -0.3 is 9.84 Å². The number of aliphatic hydroxyl groups excluding tert-OH is 1. The first-order valence-corrected chi connectivity index (χ1v) is 7.36. The topological polar surface area (TPSA) is 75.6 Å². The molecule has 0 heterocycles. The predicted octanol–water partition coefficient (Wildman–Crippen LogP) is 0.503. The van der Waals surface area contributed by atoms with Crippen LogP contribution in [0.25, 0.3) is 0 Å². The van der Waals surface area contributed by atoms with E-state index in [0.717, 1.165) is 5.56 Å². The Morgan fingerprint density at radius 2 is 2.00 bits per heavy atom. The summed E-state index contributed by atoms with van der Waals surface area (Å²) in [4.78, 5) is 0. The van der Waals surface area contributed by atoms with Gasteiger partial charge in [-0.2, -0.15) is 0 Å². The Balaban J connectivity index is 2.63. The first kappa shape index (κ1) is 15.1. The third kappa shape index (κ3) is 5.59. The number of rotatable bonds is 8. The summed E-state index contributed by atoms with van der Waals surface area (Å²) in [5.41, 5.74) is 0.727. The second kappa shape index (κ2) is 7.48. The number of nitrogens with one attached hydrogen (secondary N) is 1. The van der Waals surface area contributed by atoms with Crippen LogP contribution in [0, 0.1) is 0 Å². The van der Waals surface area contributed by atoms with E-state index in [1.54, 1.807) is 24.3 Å². The van der Waals surface area contributed by atoms with E-state index in [1.165, 1.54) is 7.11 Å². The van der Waals surface area contributed by atoms with Crippen molar-refractivity contribution in [1.82, 2.24) is 4.72 Å². The molecule has 0 aliphatic heterocycles. The molecule has 0 fully saturated rings. The zero-order valence-corrected chi connectivity index (χ0v) is 11.2. The highest BCUT2D eigenvalue weighted by Crippen LogP contribution is 2.05. The average Bonchev–Trinajstić information content (AvgIpc) is 2.29. The van der Waals surface area contributed by atoms with Gasteiger partial charge in [-0.1, -0.05) is 30.3 Å². The highest BCUT2D eigenvalue weighted by atomic mass is 32.2. The summed E-state index contributed by atoms with van der Waals surface area (Å²) in [5.74, 6) is -0.0700. The van der Waals surface area contributed by atoms with E-state index in [0.29, 0.717) is 6.42 Å². The van der Waals surface area contributed by atoms with Crippen LogP contribution in [0.5, 0.6) is 0 Å². The Kier molecular flexibility index (Phi) is 6.28. The second-order valence-corrected chi connectivity index (χ2v) is 5.78. The van der Waals surface area contributed by atoms with Crippen molar-refractivity contribution in [2.45, 2.75) is 18.2 Å². The van der Waals surface area contributed by atoms with Gasteiger partial charge in [0.1, 0.15) is 0 Å². The van der Waals surface area contributed by atoms with Crippen molar-refractivity contribution in [2.75, 3.05) is 20.3 Å². The quantitative estimate of drug-likeness (QED) is 0.723. The Labute approximate surface area is 108 Å². The third-order valence-electron chi connectivity index (χ3n) is 2.39. The van der Waals surface area contributed by atoms with Gasteiger partial charge in [-0.25, -0.2) is 13.1 Å². The molecule has 2 N–H and O–H groups in total. The minimum absolute atomic E-state index is 0.0700. The zero-order valence-electron chi connectivity index (χ0n) is 10.4. The van der Waals surface area contributed by atoms with Crippen LogP contribution in [0.3, 0.4) is 0 Å². The molecule has 0 saturated carbocycles. The monoisotopic (exact) mass is 273 g/mol. The summed E-state index contributed by atoms with van der Waals surface area (Å²) in [6, 6.07) is 8.56. The lowest BCUT2D eigenvalue weighted by Gasteiger charge is -2.16. The maximum absolute atomic E-state index is 11.9. The number of sulfonamides is 1. The van der Waals surface area contributed by atoms with Crippen molar-refractivity contribution < 1.29 is 18.3 Å². The van der Waals surface area contributed by atoms with Gasteiger partial charge in [0.2, 0.25) is 10.0 Å². The maximum atomic E-state index is 11.9. The molecule has 1 unspecified atom stereocenters. The van der Waals surface area contributed by atoms with Crippen LogP contribution >= 0.6 is 0 Å². The first-order valence-electron chi connectivity index (χ1n) is 5.71. The highest BCUT2D eigenvalue weighted by molar-refractivity contribution is 7.88. The van der Waals surface area contributed by atoms with Crippen LogP contribution in [0.15, 0.2) is 30.3 Å². The number of hydrogen-bond acceptors (Lipinski definition) is 4. The fraction of sp³-hybridized carbons (Fsp3) is 0.500. The van der Waals surface area contributed by atoms with Crippen molar-refractivity contribution >= 4 is 10.0 Å². The van der Waals surface area contributed by atoms with Crippen molar-refractivity contribution in [3.8, 4) is 0 Å². The second-order valence-electron chi connectivity index (χ2n) is 4.03. The Bertz CT molecular complexity index is 427. The largest absolute Gasteiger partial charge is 0.396 e. The predicted molar refractivity (Wildman–Crippen MR) is 69.6 cm³/mol. The number of benzene rings is 1. The fourth-order valence-electron chi connectivity index (χ4n) is 1.62. The van der Waals surface area contributed by atoms with Gasteiger partial charge in [0.05, 0.1) is 12.4 Å². The van der Waals surface area contributed by atoms with Crippen LogP contribution in [0.2, 0.25) is 0 Å². The van der Waals surface area contributed by atoms with Crippen LogP contribution in [0.4, 0.5) is 0 Å². The lowest BCUT2D eigenvalue weighted by atomic mass is 10.2. The van der Waals surface area contributed by atoms with Crippen LogP contribution in [-0.4, -0.2) is 39.9 Å². The molecular weight excluding hydrogens is 254 g/mol. The van der Waals surface area contributed by atoms with E-state index in [4.69, 9.17) is 9.84 Å². The van der Waals surface area contributed by atoms with Gasteiger partial charge >= 0.3 is 0 Å². The van der Waals surface area contributed by atoms with E-state index in [2.05, 4.69) is 4.72 Å². The molecule has 0 amide bonds. The lowest BCUT2D eigenvalue weighted by Crippen LogP contribution is -2.39. The van der Waals surface area contributed by atoms with E-state index < -0.39 is 16.1 Å². The average molecular weight is 273 g/mol. The molecule has 6 heteroatoms. The molecule has 1 aromatic carbocycles. The van der Waals surface area contributed by atoms with Crippen LogP contribution < -0.4 is 4.72 Å². The normalized spacial score (nSPS) is 13.4. The number of hydrogen-bond donors (Lipinski definition) is 2. The van der Waals surface area contributed by atoms with E-state index >= 15 is 0 Å². The molecule has 18 heavy (non-hydrogen) atoms. The molecule has 0 aliphatic carbocycles. The molecule has 0 spiro atoms. The zero-order chi connectivity index (χ0) is 13.4. The molecule has 0 aromatic heterocycles. The summed E-state index contributed by atoms with van der Waals surface area (Å²) >= 11 is 0. The molecule has 0 radical (unpaired) electrons. The molecule has 1 rings (SSSR count). The van der Waals surface area contributed by atoms with Gasteiger partial charge in [0.25, 0.3) is 0 Å². The Morgan fingerprint density at radius 3 is 2.56 bits per heavy atom. The van der Waals surface area contributed by atoms with Gasteiger partial charge in [0.15, 0.2) is 0 Å². The summed E-state index contributed by atoms with van der Waals surface area (Å²) in [6.07, 6.45) is 0.335. The molecule has 0 bridgehead atoms. The first-order chi connectivity index (χ1) is 8.57. The lowest BCUT2D eigenvalue weighted by molar-refractivity contribution is 0.158. The molecule has 0 aliphatic rings. The highest BCUT2D eigenvalue weighted by Gasteiger charge is 2.17. The minimum Gasteiger partial charge on any atom is -0.396 e. The standard InChI is InChI=1S/C12H19NO4S/c1-17-9-12(7-8-14)13-18(15,16)10-11-5-3-2-4-6-11/h2-6,12-14H,7-10H2,1H3. The number of aliphatic hydroxyl groups is 1. The maximum Gasteiger partial charge on any atom is 0.216 e. The van der Waals surface area contributed by atoms with E-state index in [-0.39, 0.29) is 19.0 Å². The van der Waals surface area contributed by atoms with Crippen molar-refractivity contribution in [3.63, 3.8) is 0 Å². The van der Waals surface area contributed by atoms with Crippen molar-refractivity contribution in [2.24, 2.45) is 0 Å². The molecule has 102 valence electrons. The molecule has 1 atom stereocenters. The molecule has 5 nitrogen and oxygen atoms in total. The number of methoxy groups -OCH3 is 1. The van der Waals surface area contributed by atoms with Gasteiger partial charge in [-0.05, 0) is 12.0 Å². The fourth-order valence-corrected chi connectivity index (χ4v) is 3.03. The summed E-state index contributed by atoms with van der Waals surface area (Å²) < 4.78 is 31.3. The van der Waals surface area contributed by atoms with Crippen LogP contribution in [0.1, 0.15) is 12.0 Å². The van der Waals surface area contributed by atoms with Crippen molar-refractivity contribution in [3.05, 3.63) is 35.9 Å². The van der Waals surface area contributed by atoms with E-state index in [9.17, 15) is 8.42 Å². The SMILES string of the molecule is COCC(CCO)NS(=O)(=O)Cc1ccccc1. The van der Waals surface area contributed by atoms with Crippen LogP contribution in [-0.2, 0) is 20.5 Å². The van der Waals surface area contributed by atoms with E-state index in [1.807, 2.05) is 6.07 Å². The molecule has 0 saturated heterocycles. The third-order valence-corrected chi connectivity index (χ3v) is 3.80. The Morgan fingerprint density at radius 1 is 1.33 bits per heavy atom. The smallest absolute Gasteiger partial charge is 0.216 e.